The van der Waals surface area contributed by atoms with Crippen molar-refractivity contribution in [2.24, 2.45) is 0 Å². The molecule has 110 valence electrons. The highest BCUT2D eigenvalue weighted by Crippen LogP contribution is 2.25. The number of hydrogen-bond donors (Lipinski definition) is 1. The van der Waals surface area contributed by atoms with E-state index in [1.807, 2.05) is 56.3 Å². The maximum absolute atomic E-state index is 11.9. The summed E-state index contributed by atoms with van der Waals surface area (Å²) in [5, 5.41) is 3.40. The van der Waals surface area contributed by atoms with E-state index in [1.165, 1.54) is 0 Å². The highest BCUT2D eigenvalue weighted by Gasteiger charge is 2.10. The molecule has 0 heterocycles. The van der Waals surface area contributed by atoms with Crippen LogP contribution in [0.3, 0.4) is 0 Å². The third-order valence-corrected chi connectivity index (χ3v) is 3.43. The van der Waals surface area contributed by atoms with E-state index in [9.17, 15) is 4.79 Å². The van der Waals surface area contributed by atoms with Crippen LogP contribution >= 0.6 is 11.6 Å². The summed E-state index contributed by atoms with van der Waals surface area (Å²) in [6.07, 6.45) is 0. The Bertz CT molecular complexity index is 613. The first kappa shape index (κ1) is 15.4. The zero-order valence-electron chi connectivity index (χ0n) is 12.1. The van der Waals surface area contributed by atoms with Gasteiger partial charge in [0, 0.05) is 0 Å². The lowest BCUT2D eigenvalue weighted by molar-refractivity contribution is -0.123. The van der Waals surface area contributed by atoms with Gasteiger partial charge in [-0.25, -0.2) is 0 Å². The van der Waals surface area contributed by atoms with Crippen LogP contribution in [0.5, 0.6) is 5.75 Å². The first-order chi connectivity index (χ1) is 10.1. The van der Waals surface area contributed by atoms with Gasteiger partial charge in [-0.3, -0.25) is 4.79 Å². The van der Waals surface area contributed by atoms with E-state index >= 15 is 0 Å². The number of carbonyl (C=O) groups excluding carboxylic acids is 1. The molecule has 0 saturated heterocycles. The predicted octanol–water partition coefficient (Wildman–Crippen LogP) is 3.90. The number of hydrogen-bond acceptors (Lipinski definition) is 2. The van der Waals surface area contributed by atoms with E-state index in [1.54, 1.807) is 6.07 Å². The van der Waals surface area contributed by atoms with Gasteiger partial charge in [0.25, 0.3) is 5.91 Å². The van der Waals surface area contributed by atoms with Crippen molar-refractivity contribution in [1.29, 1.82) is 0 Å². The molecule has 1 atom stereocenters. The Labute approximate surface area is 129 Å². The van der Waals surface area contributed by atoms with Crippen molar-refractivity contribution in [3.05, 3.63) is 64.7 Å². The Morgan fingerprint density at radius 2 is 1.95 bits per heavy atom. The molecule has 0 aromatic heterocycles. The largest absolute Gasteiger partial charge is 0.482 e. The van der Waals surface area contributed by atoms with E-state index < -0.39 is 0 Å². The van der Waals surface area contributed by atoms with Crippen molar-refractivity contribution in [2.45, 2.75) is 19.9 Å². The number of benzene rings is 2. The fourth-order valence-electron chi connectivity index (χ4n) is 1.97. The Kier molecular flexibility index (Phi) is 5.23. The molecule has 0 saturated carbocycles. The van der Waals surface area contributed by atoms with Gasteiger partial charge in [0.2, 0.25) is 0 Å². The average Bonchev–Trinajstić information content (AvgIpc) is 2.49. The molecule has 1 N–H and O–H groups in total. The highest BCUT2D eigenvalue weighted by molar-refractivity contribution is 6.32. The summed E-state index contributed by atoms with van der Waals surface area (Å²) >= 11 is 6.02. The van der Waals surface area contributed by atoms with E-state index in [-0.39, 0.29) is 18.6 Å². The lowest BCUT2D eigenvalue weighted by Gasteiger charge is -2.15. The molecule has 0 aliphatic rings. The predicted molar refractivity (Wildman–Crippen MR) is 84.7 cm³/mol. The van der Waals surface area contributed by atoms with Crippen LogP contribution in [0.15, 0.2) is 48.5 Å². The normalized spacial score (nSPS) is 11.8. The molecule has 1 amide bonds. The summed E-state index contributed by atoms with van der Waals surface area (Å²) in [6.45, 7) is 3.83. The van der Waals surface area contributed by atoms with E-state index in [4.69, 9.17) is 16.3 Å². The molecule has 3 nitrogen and oxygen atoms in total. The van der Waals surface area contributed by atoms with Crippen LogP contribution in [0.4, 0.5) is 0 Å². The van der Waals surface area contributed by atoms with Crippen molar-refractivity contribution in [3.8, 4) is 5.75 Å². The van der Waals surface area contributed by atoms with Crippen molar-refractivity contribution in [2.75, 3.05) is 6.61 Å². The number of ether oxygens (including phenoxy) is 1. The van der Waals surface area contributed by atoms with Crippen LogP contribution in [0.2, 0.25) is 5.02 Å². The fourth-order valence-corrected chi connectivity index (χ4v) is 2.14. The van der Waals surface area contributed by atoms with Gasteiger partial charge < -0.3 is 10.1 Å². The standard InChI is InChI=1S/C17H18ClNO2/c1-12-8-9-15(18)16(10-12)21-11-17(20)19-13(2)14-6-4-3-5-7-14/h3-10,13H,11H2,1-2H3,(H,19,20)/t13-/m1/s1. The monoisotopic (exact) mass is 303 g/mol. The van der Waals surface area contributed by atoms with Gasteiger partial charge >= 0.3 is 0 Å². The fraction of sp³-hybridized carbons (Fsp3) is 0.235. The molecule has 21 heavy (non-hydrogen) atoms. The third-order valence-electron chi connectivity index (χ3n) is 3.12. The molecule has 0 fully saturated rings. The smallest absolute Gasteiger partial charge is 0.258 e. The second-order valence-corrected chi connectivity index (χ2v) is 5.33. The van der Waals surface area contributed by atoms with Crippen LogP contribution in [-0.4, -0.2) is 12.5 Å². The van der Waals surface area contributed by atoms with Crippen molar-refractivity contribution < 1.29 is 9.53 Å². The lowest BCUT2D eigenvalue weighted by atomic mass is 10.1. The van der Waals surface area contributed by atoms with Crippen LogP contribution in [0, 0.1) is 6.92 Å². The van der Waals surface area contributed by atoms with Crippen LogP contribution < -0.4 is 10.1 Å². The zero-order valence-corrected chi connectivity index (χ0v) is 12.9. The maximum atomic E-state index is 11.9. The number of rotatable bonds is 5. The number of amides is 1. The van der Waals surface area contributed by atoms with E-state index in [2.05, 4.69) is 5.32 Å². The third kappa shape index (κ3) is 4.50. The molecular weight excluding hydrogens is 286 g/mol. The quantitative estimate of drug-likeness (QED) is 0.909. The van der Waals surface area contributed by atoms with Gasteiger partial charge in [0.1, 0.15) is 5.75 Å². The molecule has 0 aliphatic carbocycles. The van der Waals surface area contributed by atoms with Crippen LogP contribution in [-0.2, 0) is 4.79 Å². The molecular formula is C17H18ClNO2. The van der Waals surface area contributed by atoms with E-state index in [0.29, 0.717) is 10.8 Å². The second-order valence-electron chi connectivity index (χ2n) is 4.92. The number of carbonyl (C=O) groups is 1. The summed E-state index contributed by atoms with van der Waals surface area (Å²) in [5.74, 6) is 0.350. The minimum Gasteiger partial charge on any atom is -0.482 e. The van der Waals surface area contributed by atoms with Crippen molar-refractivity contribution in [3.63, 3.8) is 0 Å². The molecule has 0 spiro atoms. The van der Waals surface area contributed by atoms with Crippen molar-refractivity contribution >= 4 is 17.5 Å². The summed E-state index contributed by atoms with van der Waals surface area (Å²) in [6, 6.07) is 15.2. The zero-order chi connectivity index (χ0) is 15.2. The topological polar surface area (TPSA) is 38.3 Å². The first-order valence-corrected chi connectivity index (χ1v) is 7.17. The number of nitrogens with one attached hydrogen (secondary N) is 1. The Hall–Kier alpha value is -2.00. The molecule has 2 aromatic carbocycles. The van der Waals surface area contributed by atoms with Gasteiger partial charge in [-0.2, -0.15) is 0 Å². The molecule has 2 rings (SSSR count). The highest BCUT2D eigenvalue weighted by atomic mass is 35.5. The van der Waals surface area contributed by atoms with Gasteiger partial charge in [-0.05, 0) is 37.1 Å². The summed E-state index contributed by atoms with van der Waals surface area (Å²) in [5.41, 5.74) is 2.09. The summed E-state index contributed by atoms with van der Waals surface area (Å²) in [7, 11) is 0. The second kappa shape index (κ2) is 7.14. The molecule has 0 bridgehead atoms. The van der Waals surface area contributed by atoms with Crippen molar-refractivity contribution in [1.82, 2.24) is 5.32 Å². The Morgan fingerprint density at radius 3 is 2.67 bits per heavy atom. The number of aryl methyl sites for hydroxylation is 1. The minimum absolute atomic E-state index is 0.0552. The van der Waals surface area contributed by atoms with Crippen LogP contribution in [0.1, 0.15) is 24.1 Å². The molecule has 0 aliphatic heterocycles. The molecule has 0 unspecified atom stereocenters. The Balaban J connectivity index is 1.89. The van der Waals surface area contributed by atoms with E-state index in [0.717, 1.165) is 11.1 Å². The van der Waals surface area contributed by atoms with Crippen LogP contribution in [0.25, 0.3) is 0 Å². The van der Waals surface area contributed by atoms with Gasteiger partial charge in [-0.15, -0.1) is 0 Å². The summed E-state index contributed by atoms with van der Waals surface area (Å²) in [4.78, 5) is 11.9. The SMILES string of the molecule is Cc1ccc(Cl)c(OCC(=O)N[C@H](C)c2ccccc2)c1. The molecule has 4 heteroatoms. The van der Waals surface area contributed by atoms with Gasteiger partial charge in [0.05, 0.1) is 11.1 Å². The number of halogens is 1. The Morgan fingerprint density at radius 1 is 1.24 bits per heavy atom. The molecule has 2 aromatic rings. The van der Waals surface area contributed by atoms with Gasteiger partial charge in [-0.1, -0.05) is 48.0 Å². The summed E-state index contributed by atoms with van der Waals surface area (Å²) < 4.78 is 5.47. The lowest BCUT2D eigenvalue weighted by Crippen LogP contribution is -2.31. The van der Waals surface area contributed by atoms with Gasteiger partial charge in [0.15, 0.2) is 6.61 Å². The average molecular weight is 304 g/mol. The first-order valence-electron chi connectivity index (χ1n) is 6.79. The minimum atomic E-state index is -0.177. The molecule has 0 radical (unpaired) electrons. The maximum Gasteiger partial charge on any atom is 0.258 e.